The quantitative estimate of drug-likeness (QED) is 0.739. The highest BCUT2D eigenvalue weighted by Gasteiger charge is 2.17. The monoisotopic (exact) mass is 254 g/mol. The zero-order valence-corrected chi connectivity index (χ0v) is 9.95. The first kappa shape index (κ1) is 11.5. The van der Waals surface area contributed by atoms with Crippen molar-refractivity contribution in [3.63, 3.8) is 0 Å². The van der Waals surface area contributed by atoms with E-state index in [9.17, 15) is 4.79 Å². The molecule has 0 saturated carbocycles. The van der Waals surface area contributed by atoms with Crippen molar-refractivity contribution in [2.45, 2.75) is 19.9 Å². The minimum atomic E-state index is -0.972. The zero-order valence-electron chi connectivity index (χ0n) is 9.13. The number of thiazole rings is 1. The molecule has 2 rings (SSSR count). The number of H-pyrrole nitrogens is 1. The van der Waals surface area contributed by atoms with Crippen LogP contribution in [0.1, 0.15) is 34.2 Å². The molecule has 2 aromatic rings. The maximum atomic E-state index is 10.9. The Kier molecular flexibility index (Phi) is 3.00. The number of rotatable bonds is 4. The van der Waals surface area contributed by atoms with Crippen molar-refractivity contribution in [1.29, 1.82) is 0 Å². The summed E-state index contributed by atoms with van der Waals surface area (Å²) in [5.41, 5.74) is 0.491. The number of hydrogen-bond donors (Lipinski definition) is 3. The van der Waals surface area contributed by atoms with Crippen LogP contribution < -0.4 is 5.32 Å². The molecule has 0 fully saturated rings. The third-order valence-corrected chi connectivity index (χ3v) is 3.16. The fourth-order valence-corrected chi connectivity index (χ4v) is 2.15. The second-order valence-electron chi connectivity index (χ2n) is 3.37. The van der Waals surface area contributed by atoms with E-state index < -0.39 is 5.97 Å². The molecule has 1 atom stereocenters. The molecule has 3 N–H and O–H groups in total. The highest BCUT2D eigenvalue weighted by Crippen LogP contribution is 2.25. The molecule has 1 unspecified atom stereocenters. The SMILES string of the molecule is Cc1nc(NC(C)c2nn[nH]n2)sc1C(=O)O. The maximum absolute atomic E-state index is 10.9. The first-order valence-corrected chi connectivity index (χ1v) is 5.60. The van der Waals surface area contributed by atoms with E-state index in [1.165, 1.54) is 0 Å². The van der Waals surface area contributed by atoms with Crippen LogP contribution in [0.4, 0.5) is 5.13 Å². The van der Waals surface area contributed by atoms with E-state index in [1.54, 1.807) is 6.92 Å². The normalized spacial score (nSPS) is 12.4. The van der Waals surface area contributed by atoms with Crippen LogP contribution in [0.3, 0.4) is 0 Å². The van der Waals surface area contributed by atoms with Gasteiger partial charge >= 0.3 is 5.97 Å². The van der Waals surface area contributed by atoms with Crippen molar-refractivity contribution < 1.29 is 9.90 Å². The van der Waals surface area contributed by atoms with E-state index in [0.29, 0.717) is 16.6 Å². The van der Waals surface area contributed by atoms with Gasteiger partial charge in [-0.25, -0.2) is 9.78 Å². The fraction of sp³-hybridized carbons (Fsp3) is 0.375. The Hall–Kier alpha value is -2.03. The average molecular weight is 254 g/mol. The Morgan fingerprint density at radius 3 is 2.88 bits per heavy atom. The molecule has 0 aliphatic carbocycles. The predicted octanol–water partition coefficient (Wildman–Crippen LogP) is 0.836. The number of hydrogen-bond acceptors (Lipinski definition) is 7. The van der Waals surface area contributed by atoms with Gasteiger partial charge in [-0.3, -0.25) is 0 Å². The van der Waals surface area contributed by atoms with Gasteiger partial charge in [-0.2, -0.15) is 5.21 Å². The highest BCUT2D eigenvalue weighted by atomic mass is 32.1. The number of carboxylic acid groups (broad SMARTS) is 1. The average Bonchev–Trinajstić information content (AvgIpc) is 2.86. The number of nitrogens with one attached hydrogen (secondary N) is 2. The number of anilines is 1. The summed E-state index contributed by atoms with van der Waals surface area (Å²) in [5, 5.41) is 25.9. The molecule has 0 aliphatic rings. The van der Waals surface area contributed by atoms with Gasteiger partial charge in [0.15, 0.2) is 11.0 Å². The number of aromatic amines is 1. The smallest absolute Gasteiger partial charge is 0.347 e. The lowest BCUT2D eigenvalue weighted by atomic mass is 10.3. The molecule has 0 radical (unpaired) electrons. The molecule has 9 heteroatoms. The molecule has 17 heavy (non-hydrogen) atoms. The van der Waals surface area contributed by atoms with Gasteiger partial charge in [0, 0.05) is 0 Å². The lowest BCUT2D eigenvalue weighted by Crippen LogP contribution is -2.08. The van der Waals surface area contributed by atoms with E-state index in [4.69, 9.17) is 5.11 Å². The molecule has 0 spiro atoms. The largest absolute Gasteiger partial charge is 0.477 e. The minimum absolute atomic E-state index is 0.194. The molecule has 0 aliphatic heterocycles. The van der Waals surface area contributed by atoms with Gasteiger partial charge in [-0.15, -0.1) is 10.2 Å². The van der Waals surface area contributed by atoms with Crippen molar-refractivity contribution in [2.75, 3.05) is 5.32 Å². The number of aromatic nitrogens is 5. The summed E-state index contributed by atoms with van der Waals surface area (Å²) in [4.78, 5) is 15.2. The number of aromatic carboxylic acids is 1. The maximum Gasteiger partial charge on any atom is 0.347 e. The summed E-state index contributed by atoms with van der Waals surface area (Å²) in [7, 11) is 0. The highest BCUT2D eigenvalue weighted by molar-refractivity contribution is 7.17. The van der Waals surface area contributed by atoms with Gasteiger partial charge in [0.05, 0.1) is 11.7 Å². The third kappa shape index (κ3) is 2.38. The van der Waals surface area contributed by atoms with Crippen LogP contribution in [0.15, 0.2) is 0 Å². The first-order valence-electron chi connectivity index (χ1n) is 4.78. The fourth-order valence-electron chi connectivity index (χ4n) is 1.26. The second kappa shape index (κ2) is 4.45. The van der Waals surface area contributed by atoms with Gasteiger partial charge in [0.2, 0.25) is 0 Å². The summed E-state index contributed by atoms with van der Waals surface area (Å²) in [5.74, 6) is -0.477. The predicted molar refractivity (Wildman–Crippen MR) is 60.0 cm³/mol. The molecule has 2 aromatic heterocycles. The van der Waals surface area contributed by atoms with Crippen LogP contribution in [0, 0.1) is 6.92 Å². The molecule has 0 saturated heterocycles. The lowest BCUT2D eigenvalue weighted by Gasteiger charge is -2.06. The minimum Gasteiger partial charge on any atom is -0.477 e. The molecule has 0 aromatic carbocycles. The van der Waals surface area contributed by atoms with E-state index in [2.05, 4.69) is 30.9 Å². The molecular weight excluding hydrogens is 244 g/mol. The van der Waals surface area contributed by atoms with Crippen molar-refractivity contribution in [1.82, 2.24) is 25.6 Å². The lowest BCUT2D eigenvalue weighted by molar-refractivity contribution is 0.0701. The van der Waals surface area contributed by atoms with E-state index >= 15 is 0 Å². The number of carbonyl (C=O) groups is 1. The van der Waals surface area contributed by atoms with Crippen LogP contribution in [0.2, 0.25) is 0 Å². The van der Waals surface area contributed by atoms with Crippen LogP contribution in [-0.4, -0.2) is 36.7 Å². The molecule has 0 bridgehead atoms. The number of tetrazole rings is 1. The number of nitrogens with zero attached hydrogens (tertiary/aromatic N) is 4. The van der Waals surface area contributed by atoms with Crippen LogP contribution in [0.5, 0.6) is 0 Å². The Bertz CT molecular complexity index is 522. The third-order valence-electron chi connectivity index (χ3n) is 2.08. The van der Waals surface area contributed by atoms with E-state index in [0.717, 1.165) is 11.3 Å². The first-order chi connectivity index (χ1) is 8.08. The number of aryl methyl sites for hydroxylation is 1. The molecular formula is C8H10N6O2S. The van der Waals surface area contributed by atoms with E-state index in [1.807, 2.05) is 6.92 Å². The summed E-state index contributed by atoms with van der Waals surface area (Å²) < 4.78 is 0. The van der Waals surface area contributed by atoms with Crippen LogP contribution in [-0.2, 0) is 0 Å². The van der Waals surface area contributed by atoms with Crippen molar-refractivity contribution >= 4 is 22.4 Å². The Labute approximate surface area is 100 Å². The molecule has 90 valence electrons. The summed E-state index contributed by atoms with van der Waals surface area (Å²) in [6.07, 6.45) is 0. The molecule has 8 nitrogen and oxygen atoms in total. The summed E-state index contributed by atoms with van der Waals surface area (Å²) in [6.45, 7) is 3.49. The van der Waals surface area contributed by atoms with Gasteiger partial charge in [0.25, 0.3) is 0 Å². The topological polar surface area (TPSA) is 117 Å². The van der Waals surface area contributed by atoms with E-state index in [-0.39, 0.29) is 10.9 Å². The summed E-state index contributed by atoms with van der Waals surface area (Å²) in [6, 6.07) is -0.194. The van der Waals surface area contributed by atoms with Crippen molar-refractivity contribution in [2.24, 2.45) is 0 Å². The van der Waals surface area contributed by atoms with Gasteiger partial charge < -0.3 is 10.4 Å². The van der Waals surface area contributed by atoms with Crippen LogP contribution >= 0.6 is 11.3 Å². The molecule has 2 heterocycles. The van der Waals surface area contributed by atoms with Crippen LogP contribution in [0.25, 0.3) is 0 Å². The Morgan fingerprint density at radius 1 is 1.59 bits per heavy atom. The Balaban J connectivity index is 2.14. The van der Waals surface area contributed by atoms with Crippen molar-refractivity contribution in [3.8, 4) is 0 Å². The second-order valence-corrected chi connectivity index (χ2v) is 4.37. The van der Waals surface area contributed by atoms with Gasteiger partial charge in [-0.1, -0.05) is 16.6 Å². The van der Waals surface area contributed by atoms with Gasteiger partial charge in [-0.05, 0) is 13.8 Å². The number of carboxylic acids is 1. The molecule has 0 amide bonds. The van der Waals surface area contributed by atoms with Crippen molar-refractivity contribution in [3.05, 3.63) is 16.4 Å². The standard InChI is InChI=1S/C8H10N6O2S/c1-3-5(7(15)16)17-8(9-3)10-4(2)6-11-13-14-12-6/h4H,1-2H3,(H,9,10)(H,15,16)(H,11,12,13,14). The Morgan fingerprint density at radius 2 is 2.35 bits per heavy atom. The van der Waals surface area contributed by atoms with Gasteiger partial charge in [0.1, 0.15) is 4.88 Å². The summed E-state index contributed by atoms with van der Waals surface area (Å²) >= 11 is 1.09. The zero-order chi connectivity index (χ0) is 12.4.